The van der Waals surface area contributed by atoms with Gasteiger partial charge in [0.15, 0.2) is 17.8 Å². The fraction of sp³-hybridized carbons (Fsp3) is 0.250. The van der Waals surface area contributed by atoms with Gasteiger partial charge in [0.05, 0.1) is 16.3 Å². The van der Waals surface area contributed by atoms with Gasteiger partial charge in [0.2, 0.25) is 5.91 Å². The maximum atomic E-state index is 12.9. The van der Waals surface area contributed by atoms with E-state index in [2.05, 4.69) is 15.2 Å². The van der Waals surface area contributed by atoms with Gasteiger partial charge < -0.3 is 20.4 Å². The van der Waals surface area contributed by atoms with Crippen molar-refractivity contribution in [1.82, 2.24) is 4.98 Å². The van der Waals surface area contributed by atoms with Crippen molar-refractivity contribution >= 4 is 34.5 Å². The molecule has 1 aliphatic heterocycles. The third-order valence-electron chi connectivity index (χ3n) is 4.75. The number of anilines is 2. The number of carbonyl (C=O) groups excluding carboxylic acids is 2. The van der Waals surface area contributed by atoms with Crippen molar-refractivity contribution in [1.29, 1.82) is 0 Å². The SMILES string of the molecule is NC(=O)c1ccc(N2CCCCC2)c(NC(=O)c2ncoc2-c2cccs2)c1. The highest BCUT2D eigenvalue weighted by molar-refractivity contribution is 7.13. The predicted octanol–water partition coefficient (Wildman–Crippen LogP) is 3.74. The maximum absolute atomic E-state index is 12.9. The molecule has 0 atom stereocenters. The molecule has 1 fully saturated rings. The molecule has 1 aromatic carbocycles. The summed E-state index contributed by atoms with van der Waals surface area (Å²) in [4.78, 5) is 31.7. The van der Waals surface area contributed by atoms with Crippen LogP contribution in [0.15, 0.2) is 46.5 Å². The van der Waals surface area contributed by atoms with Gasteiger partial charge in [-0.1, -0.05) is 6.07 Å². The van der Waals surface area contributed by atoms with E-state index in [1.165, 1.54) is 24.2 Å². The van der Waals surface area contributed by atoms with Crippen LogP contribution in [0, 0.1) is 0 Å². The van der Waals surface area contributed by atoms with Crippen LogP contribution in [0.5, 0.6) is 0 Å². The van der Waals surface area contributed by atoms with Crippen molar-refractivity contribution in [3.8, 4) is 10.6 Å². The van der Waals surface area contributed by atoms with Gasteiger partial charge in [0.1, 0.15) is 0 Å². The van der Waals surface area contributed by atoms with E-state index in [0.717, 1.165) is 36.5 Å². The summed E-state index contributed by atoms with van der Waals surface area (Å²) >= 11 is 1.47. The number of nitrogens with one attached hydrogen (secondary N) is 1. The summed E-state index contributed by atoms with van der Waals surface area (Å²) in [7, 11) is 0. The molecule has 2 aromatic heterocycles. The van der Waals surface area contributed by atoms with Crippen molar-refractivity contribution in [2.75, 3.05) is 23.3 Å². The molecule has 0 aliphatic carbocycles. The number of carbonyl (C=O) groups is 2. The lowest BCUT2D eigenvalue weighted by Gasteiger charge is -2.30. The van der Waals surface area contributed by atoms with Crippen LogP contribution < -0.4 is 16.0 Å². The van der Waals surface area contributed by atoms with Crippen LogP contribution in [0.25, 0.3) is 10.6 Å². The van der Waals surface area contributed by atoms with E-state index in [-0.39, 0.29) is 5.69 Å². The van der Waals surface area contributed by atoms with Crippen LogP contribution >= 0.6 is 11.3 Å². The molecule has 28 heavy (non-hydrogen) atoms. The number of rotatable bonds is 5. The molecule has 4 rings (SSSR count). The first kappa shape index (κ1) is 18.2. The van der Waals surface area contributed by atoms with Gasteiger partial charge >= 0.3 is 0 Å². The average molecular weight is 396 g/mol. The fourth-order valence-electron chi connectivity index (χ4n) is 3.37. The summed E-state index contributed by atoms with van der Waals surface area (Å²) < 4.78 is 5.43. The highest BCUT2D eigenvalue weighted by atomic mass is 32.1. The Morgan fingerprint density at radius 2 is 2.00 bits per heavy atom. The first-order chi connectivity index (χ1) is 13.6. The van der Waals surface area contributed by atoms with Crippen LogP contribution in [0.2, 0.25) is 0 Å². The largest absolute Gasteiger partial charge is 0.442 e. The second kappa shape index (κ2) is 7.85. The molecule has 1 aliphatic rings. The lowest BCUT2D eigenvalue weighted by atomic mass is 10.1. The van der Waals surface area contributed by atoms with E-state index < -0.39 is 11.8 Å². The van der Waals surface area contributed by atoms with E-state index in [0.29, 0.717) is 17.0 Å². The second-order valence-electron chi connectivity index (χ2n) is 6.61. The van der Waals surface area contributed by atoms with Gasteiger partial charge in [-0.25, -0.2) is 4.98 Å². The van der Waals surface area contributed by atoms with Crippen molar-refractivity contribution in [3.63, 3.8) is 0 Å². The molecular weight excluding hydrogens is 376 g/mol. The zero-order chi connectivity index (χ0) is 19.5. The topological polar surface area (TPSA) is 101 Å². The lowest BCUT2D eigenvalue weighted by Crippen LogP contribution is -2.30. The smallest absolute Gasteiger partial charge is 0.278 e. The molecule has 144 valence electrons. The Morgan fingerprint density at radius 1 is 1.18 bits per heavy atom. The molecule has 0 spiro atoms. The quantitative estimate of drug-likeness (QED) is 0.684. The van der Waals surface area contributed by atoms with Crippen LogP contribution in [0.4, 0.5) is 11.4 Å². The van der Waals surface area contributed by atoms with Gasteiger partial charge in [-0.3, -0.25) is 9.59 Å². The molecule has 0 radical (unpaired) electrons. The Morgan fingerprint density at radius 3 is 2.71 bits per heavy atom. The van der Waals surface area contributed by atoms with Gasteiger partial charge in [-0.05, 0) is 48.9 Å². The number of amides is 2. The molecule has 3 heterocycles. The number of nitrogens with two attached hydrogens (primary N) is 1. The highest BCUT2D eigenvalue weighted by Crippen LogP contribution is 2.32. The van der Waals surface area contributed by atoms with Crippen molar-refractivity contribution < 1.29 is 14.0 Å². The summed E-state index contributed by atoms with van der Waals surface area (Å²) in [5, 5.41) is 4.81. The standard InChI is InChI=1S/C20H20N4O3S/c21-19(25)13-6-7-15(24-8-2-1-3-9-24)14(11-13)23-20(26)17-18(27-12-22-17)16-5-4-10-28-16/h4-7,10-12H,1-3,8-9H2,(H2,21,25)(H,23,26). The van der Waals surface area contributed by atoms with Gasteiger partial charge in [0.25, 0.3) is 5.91 Å². The van der Waals surface area contributed by atoms with E-state index in [1.54, 1.807) is 12.1 Å². The number of benzene rings is 1. The fourth-order valence-corrected chi connectivity index (χ4v) is 4.08. The minimum Gasteiger partial charge on any atom is -0.442 e. The zero-order valence-electron chi connectivity index (χ0n) is 15.2. The van der Waals surface area contributed by atoms with Crippen LogP contribution in [0.1, 0.15) is 40.1 Å². The Hall–Kier alpha value is -3.13. The van der Waals surface area contributed by atoms with Gasteiger partial charge in [-0.2, -0.15) is 0 Å². The molecule has 1 saturated heterocycles. The summed E-state index contributed by atoms with van der Waals surface area (Å²) in [5.74, 6) is -0.503. The van der Waals surface area contributed by atoms with Crippen molar-refractivity contribution in [2.24, 2.45) is 5.73 Å². The van der Waals surface area contributed by atoms with Crippen LogP contribution in [0.3, 0.4) is 0 Å². The number of nitrogens with zero attached hydrogens (tertiary/aromatic N) is 2. The zero-order valence-corrected chi connectivity index (χ0v) is 16.0. The lowest BCUT2D eigenvalue weighted by molar-refractivity contribution is 0.0995. The third kappa shape index (κ3) is 3.63. The number of thiophene rings is 1. The van der Waals surface area contributed by atoms with Crippen molar-refractivity contribution in [2.45, 2.75) is 19.3 Å². The highest BCUT2D eigenvalue weighted by Gasteiger charge is 2.22. The number of aromatic nitrogens is 1. The monoisotopic (exact) mass is 396 g/mol. The number of primary amides is 1. The normalized spacial score (nSPS) is 14.1. The predicted molar refractivity (Wildman–Crippen MR) is 109 cm³/mol. The summed E-state index contributed by atoms with van der Waals surface area (Å²) in [6.07, 6.45) is 4.64. The summed E-state index contributed by atoms with van der Waals surface area (Å²) in [6, 6.07) is 8.90. The number of hydrogen-bond donors (Lipinski definition) is 2. The molecule has 8 heteroatoms. The van der Waals surface area contributed by atoms with E-state index in [1.807, 2.05) is 23.6 Å². The molecule has 3 N–H and O–H groups in total. The van der Waals surface area contributed by atoms with Crippen LogP contribution in [-0.2, 0) is 0 Å². The average Bonchev–Trinajstić information content (AvgIpc) is 3.40. The Kier molecular flexibility index (Phi) is 5.12. The molecule has 0 bridgehead atoms. The van der Waals surface area contributed by atoms with E-state index >= 15 is 0 Å². The number of piperidine rings is 1. The molecule has 2 amide bonds. The van der Waals surface area contributed by atoms with Gasteiger partial charge in [-0.15, -0.1) is 11.3 Å². The third-order valence-corrected chi connectivity index (χ3v) is 5.62. The maximum Gasteiger partial charge on any atom is 0.278 e. The molecule has 0 saturated carbocycles. The Bertz CT molecular complexity index is 991. The molecular formula is C20H20N4O3S. The minimum atomic E-state index is -0.540. The summed E-state index contributed by atoms with van der Waals surface area (Å²) in [6.45, 7) is 1.81. The van der Waals surface area contributed by atoms with Crippen LogP contribution in [-0.4, -0.2) is 29.9 Å². The van der Waals surface area contributed by atoms with E-state index in [9.17, 15) is 9.59 Å². The van der Waals surface area contributed by atoms with Crippen molar-refractivity contribution in [3.05, 3.63) is 53.4 Å². The first-order valence-electron chi connectivity index (χ1n) is 9.11. The Balaban J connectivity index is 1.66. The minimum absolute atomic E-state index is 0.205. The molecule has 0 unspecified atom stereocenters. The number of hydrogen-bond acceptors (Lipinski definition) is 6. The summed E-state index contributed by atoms with van der Waals surface area (Å²) in [5.41, 5.74) is 7.40. The Labute approximate surface area is 166 Å². The van der Waals surface area contributed by atoms with E-state index in [4.69, 9.17) is 10.2 Å². The number of oxazole rings is 1. The first-order valence-corrected chi connectivity index (χ1v) is 9.99. The molecule has 7 nitrogen and oxygen atoms in total. The van der Waals surface area contributed by atoms with Gasteiger partial charge in [0, 0.05) is 18.7 Å². The molecule has 3 aromatic rings. The second-order valence-corrected chi connectivity index (χ2v) is 7.55.